The molecule has 7 aliphatic rings. The minimum Gasteiger partial charge on any atom is -0.507 e. The predicted molar refractivity (Wildman–Crippen MR) is 197 cm³/mol. The van der Waals surface area contributed by atoms with Gasteiger partial charge < -0.3 is 34.1 Å². The molecule has 4 bridgehead atoms. The fraction of sp³-hybridized carbons (Fsp3) is 0.450. The molecule has 8 heterocycles. The van der Waals surface area contributed by atoms with Crippen molar-refractivity contribution < 1.29 is 34.0 Å². The molecule has 3 aromatic carbocycles. The Balaban J connectivity index is 1.24. The lowest BCUT2D eigenvalue weighted by Gasteiger charge is -2.61. The first-order valence-corrected chi connectivity index (χ1v) is 19.3. The van der Waals surface area contributed by atoms with Gasteiger partial charge in [-0.2, -0.15) is 5.26 Å². The number of aromatic hydroxyl groups is 2. The summed E-state index contributed by atoms with van der Waals surface area (Å²) < 4.78 is 24.5. The molecule has 2 fully saturated rings. The number of piperazine rings is 1. The molecule has 7 atom stereocenters. The number of likely N-dealkylation sites (N-methyl/N-ethyl adjacent to an activating group) is 1. The van der Waals surface area contributed by atoms with Gasteiger partial charge in [-0.1, -0.05) is 24.3 Å². The third-order valence-electron chi connectivity index (χ3n) is 12.8. The van der Waals surface area contributed by atoms with Crippen LogP contribution in [0.4, 0.5) is 0 Å². The molecule has 4 N–H and O–H groups in total. The van der Waals surface area contributed by atoms with E-state index in [0.29, 0.717) is 47.1 Å². The van der Waals surface area contributed by atoms with Gasteiger partial charge in [0.2, 0.25) is 6.79 Å². The van der Waals surface area contributed by atoms with Crippen LogP contribution < -0.4 is 19.5 Å². The highest BCUT2D eigenvalue weighted by atomic mass is 32.2. The number of nitriles is 1. The number of hydrogen-bond donors (Lipinski definition) is 4. The zero-order valence-corrected chi connectivity index (χ0v) is 30.8. The first-order valence-electron chi connectivity index (χ1n) is 18.2. The van der Waals surface area contributed by atoms with Crippen LogP contribution in [-0.4, -0.2) is 95.4 Å². The van der Waals surface area contributed by atoms with Crippen molar-refractivity contribution in [2.45, 2.75) is 67.7 Å². The summed E-state index contributed by atoms with van der Waals surface area (Å²) in [5.74, 6) is 1.88. The third-order valence-corrected chi connectivity index (χ3v) is 14.3. The molecule has 0 radical (unpaired) electrons. The van der Waals surface area contributed by atoms with E-state index in [1.165, 1.54) is 0 Å². The number of benzene rings is 3. The molecule has 1 aromatic heterocycles. The van der Waals surface area contributed by atoms with Crippen LogP contribution in [0.25, 0.3) is 10.9 Å². The predicted octanol–water partition coefficient (Wildman–Crippen LogP) is 4.58. The monoisotopic (exact) mass is 735 g/mol. The summed E-state index contributed by atoms with van der Waals surface area (Å²) in [6.45, 7) is 4.28. The van der Waals surface area contributed by atoms with Gasteiger partial charge in [0, 0.05) is 63.2 Å². The Kier molecular flexibility index (Phi) is 7.36. The molecule has 2 saturated heterocycles. The summed E-state index contributed by atoms with van der Waals surface area (Å²) in [6.07, 6.45) is 1.31. The first kappa shape index (κ1) is 33.1. The van der Waals surface area contributed by atoms with Crippen molar-refractivity contribution in [3.63, 3.8) is 0 Å². The average Bonchev–Trinajstić information content (AvgIpc) is 3.79. The molecule has 274 valence electrons. The Morgan fingerprint density at radius 2 is 1.92 bits per heavy atom. The van der Waals surface area contributed by atoms with Gasteiger partial charge in [-0.3, -0.25) is 19.9 Å². The number of ether oxygens (including phenoxy) is 4. The quantitative estimate of drug-likeness (QED) is 0.217. The molecule has 4 aromatic rings. The largest absolute Gasteiger partial charge is 0.507 e. The van der Waals surface area contributed by atoms with Crippen molar-refractivity contribution in [2.24, 2.45) is 0 Å². The summed E-state index contributed by atoms with van der Waals surface area (Å²) in [5.41, 5.74) is 6.40. The zero-order chi connectivity index (χ0) is 36.5. The molecule has 1 spiro atoms. The summed E-state index contributed by atoms with van der Waals surface area (Å²) in [4.78, 5) is 22.8. The minimum atomic E-state index is -1.11. The topological polar surface area (TPSA) is 153 Å². The zero-order valence-electron chi connectivity index (χ0n) is 30.0. The highest BCUT2D eigenvalue weighted by molar-refractivity contribution is 7.99. The van der Waals surface area contributed by atoms with Gasteiger partial charge in [0.25, 0.3) is 0 Å². The van der Waals surface area contributed by atoms with Crippen molar-refractivity contribution >= 4 is 28.4 Å². The number of Topliss-reactive ketones (excluding diaryl/α,β-unsaturated/α-hetero) is 1. The van der Waals surface area contributed by atoms with E-state index in [2.05, 4.69) is 38.3 Å². The first-order chi connectivity index (χ1) is 25.7. The number of H-pyrrole nitrogens is 1. The molecule has 0 aliphatic carbocycles. The number of methoxy groups -OCH3 is 1. The van der Waals surface area contributed by atoms with Gasteiger partial charge in [-0.15, -0.1) is 11.8 Å². The number of carbonyl (C=O) groups is 1. The number of thioether (sulfide) groups is 1. The van der Waals surface area contributed by atoms with Gasteiger partial charge in [0.05, 0.1) is 37.1 Å². The van der Waals surface area contributed by atoms with Crippen LogP contribution in [0.3, 0.4) is 0 Å². The molecule has 0 saturated carbocycles. The van der Waals surface area contributed by atoms with Crippen LogP contribution in [0.1, 0.15) is 62.0 Å². The van der Waals surface area contributed by atoms with Crippen molar-refractivity contribution in [3.8, 4) is 34.8 Å². The molecule has 0 amide bonds. The number of phenolic OH excluding ortho intramolecular Hbond substituents is 2. The summed E-state index contributed by atoms with van der Waals surface area (Å²) in [5, 5.41) is 39.7. The number of para-hydroxylation sites is 1. The van der Waals surface area contributed by atoms with Crippen LogP contribution in [0.5, 0.6) is 28.7 Å². The van der Waals surface area contributed by atoms with Gasteiger partial charge in [-0.05, 0) is 56.5 Å². The molecule has 12 nitrogen and oxygen atoms in total. The number of rotatable bonds is 1. The van der Waals surface area contributed by atoms with Crippen molar-refractivity contribution in [3.05, 3.63) is 75.0 Å². The Hall–Kier alpha value is -4.45. The van der Waals surface area contributed by atoms with E-state index in [4.69, 9.17) is 18.9 Å². The normalized spacial score (nSPS) is 30.3. The Morgan fingerprint density at radius 3 is 2.74 bits per heavy atom. The summed E-state index contributed by atoms with van der Waals surface area (Å²) in [7, 11) is 3.60. The highest BCUT2D eigenvalue weighted by Gasteiger charge is 2.61. The molecular weight excluding hydrogens is 695 g/mol. The van der Waals surface area contributed by atoms with Crippen LogP contribution in [0.2, 0.25) is 0 Å². The van der Waals surface area contributed by atoms with Gasteiger partial charge >= 0.3 is 0 Å². The number of ketones is 1. The second-order valence-electron chi connectivity index (χ2n) is 15.2. The van der Waals surface area contributed by atoms with Gasteiger partial charge in [0.15, 0.2) is 28.8 Å². The number of phenols is 2. The fourth-order valence-corrected chi connectivity index (χ4v) is 12.3. The van der Waals surface area contributed by atoms with Crippen LogP contribution in [0.15, 0.2) is 30.3 Å². The smallest absolute Gasteiger partial charge is 0.231 e. The second kappa shape index (κ2) is 11.8. The van der Waals surface area contributed by atoms with E-state index >= 15 is 0 Å². The van der Waals surface area contributed by atoms with E-state index < -0.39 is 35.0 Å². The lowest BCUT2D eigenvalue weighted by molar-refractivity contribution is -0.132. The van der Waals surface area contributed by atoms with Crippen molar-refractivity contribution in [1.82, 2.24) is 20.1 Å². The van der Waals surface area contributed by atoms with Gasteiger partial charge in [-0.25, -0.2) is 0 Å². The van der Waals surface area contributed by atoms with Crippen LogP contribution in [0, 0.1) is 25.2 Å². The van der Waals surface area contributed by atoms with Crippen molar-refractivity contribution in [2.75, 3.05) is 46.5 Å². The molecule has 53 heavy (non-hydrogen) atoms. The number of aryl methyl sites for hydroxylation is 1. The number of aromatic nitrogens is 1. The SMILES string of the molecule is COc1c(C)cc2c(c1O)[C@@H]1C3[C@@H]4SC[C@]5(NCCc6c5[nH]c5ccccc65)C(=O)COC[C@@H](c5c6c(c(C)c(O)c54)OCO6)N3[C@@H](C#N)[C@H](C2)N1C. The Labute approximate surface area is 310 Å². The average molecular weight is 736 g/mol. The maximum atomic E-state index is 14.7. The fourth-order valence-electron chi connectivity index (χ4n) is 10.5. The van der Waals surface area contributed by atoms with Crippen molar-refractivity contribution in [1.29, 1.82) is 5.26 Å². The van der Waals surface area contributed by atoms with E-state index in [9.17, 15) is 20.3 Å². The Morgan fingerprint density at radius 1 is 1.11 bits per heavy atom. The molecule has 1 unspecified atom stereocenters. The van der Waals surface area contributed by atoms with Gasteiger partial charge in [0.1, 0.15) is 23.9 Å². The van der Waals surface area contributed by atoms with E-state index in [1.54, 1.807) is 18.9 Å². The van der Waals surface area contributed by atoms with E-state index in [0.717, 1.165) is 50.8 Å². The second-order valence-corrected chi connectivity index (χ2v) is 16.3. The maximum absolute atomic E-state index is 14.7. The number of nitrogens with one attached hydrogen (secondary N) is 2. The number of fused-ring (bicyclic) bond motifs is 12. The number of aromatic amines is 1. The molecular formula is C40H41N5O7S. The standard InChI is InChI=1S/C40H41N5O7S/c1-18-11-20-12-24-25(13-41)45-26-14-50-15-27(46)40(39-22(9-10-42-40)21-7-5-6-8-23(21)43-39)16-53-38(30-29(26)37-36(51-17-52-37)19(2)33(30)47)32(45)31(44(24)3)28(20)34(48)35(18)49-4/h5-8,11,24-26,31-32,38,42-43,47-48H,9-10,12,14-17H2,1-4H3/t24-,25-,26-,31+,32?,38+,40-/m0/s1. The van der Waals surface area contributed by atoms with Crippen LogP contribution >= 0.6 is 11.8 Å². The minimum absolute atomic E-state index is 0.00557. The lowest BCUT2D eigenvalue weighted by atomic mass is 9.71. The third kappa shape index (κ3) is 4.30. The summed E-state index contributed by atoms with van der Waals surface area (Å²) in [6, 6.07) is 10.7. The van der Waals surface area contributed by atoms with E-state index in [-0.39, 0.29) is 43.3 Å². The van der Waals surface area contributed by atoms with Crippen LogP contribution in [-0.2, 0) is 27.9 Å². The molecule has 13 heteroatoms. The molecule has 11 rings (SSSR count). The Bertz CT molecular complexity index is 2290. The number of carbonyl (C=O) groups excluding carboxylic acids is 1. The lowest BCUT2D eigenvalue weighted by Crippen LogP contribution is -2.69. The maximum Gasteiger partial charge on any atom is 0.231 e. The number of nitrogens with zero attached hydrogens (tertiary/aromatic N) is 3. The molecule has 7 aliphatic heterocycles. The highest BCUT2D eigenvalue weighted by Crippen LogP contribution is 2.64. The summed E-state index contributed by atoms with van der Waals surface area (Å²) >= 11 is 1.59. The van der Waals surface area contributed by atoms with E-state index in [1.807, 2.05) is 39.1 Å². The number of hydrogen-bond acceptors (Lipinski definition) is 12.